The fourth-order valence-corrected chi connectivity index (χ4v) is 4.30. The minimum absolute atomic E-state index is 0.0356. The highest BCUT2D eigenvalue weighted by atomic mass is 19.3. The van der Waals surface area contributed by atoms with Crippen molar-refractivity contribution in [2.75, 3.05) is 50.8 Å². The number of anilines is 1. The number of hydrogen-bond acceptors (Lipinski definition) is 7. The number of nitrogens with zero attached hydrogens (tertiary/aromatic N) is 6. The number of alkyl halides is 2. The van der Waals surface area contributed by atoms with Crippen molar-refractivity contribution in [1.82, 2.24) is 24.4 Å². The van der Waals surface area contributed by atoms with Crippen molar-refractivity contribution < 1.29 is 18.3 Å². The lowest BCUT2D eigenvalue weighted by atomic mass is 10.0. The number of nitrogens with two attached hydrogens (primary N) is 1. The molecule has 2 aliphatic rings. The maximum atomic E-state index is 14.0. The van der Waals surface area contributed by atoms with E-state index in [1.165, 1.54) is 4.57 Å². The van der Waals surface area contributed by atoms with E-state index in [1.807, 2.05) is 12.1 Å². The van der Waals surface area contributed by atoms with Crippen LogP contribution in [0.3, 0.4) is 0 Å². The maximum absolute atomic E-state index is 14.0. The van der Waals surface area contributed by atoms with Gasteiger partial charge in [-0.15, -0.1) is 0 Å². The van der Waals surface area contributed by atoms with Crippen molar-refractivity contribution in [1.29, 1.82) is 0 Å². The van der Waals surface area contributed by atoms with Crippen LogP contribution in [0, 0.1) is 0 Å². The number of imidazole rings is 1. The minimum atomic E-state index is -2.80. The zero-order valence-corrected chi connectivity index (χ0v) is 18.5. The van der Waals surface area contributed by atoms with E-state index in [1.54, 1.807) is 29.2 Å². The van der Waals surface area contributed by atoms with Gasteiger partial charge in [-0.25, -0.2) is 18.7 Å². The number of hydrogen-bond donors (Lipinski definition) is 1. The quantitative estimate of drug-likeness (QED) is 0.611. The molecule has 2 aliphatic heterocycles. The molecule has 0 bridgehead atoms. The second-order valence-corrected chi connectivity index (χ2v) is 8.13. The zero-order valence-electron chi connectivity index (χ0n) is 18.5. The fraction of sp³-hybridized carbons (Fsp3) is 0.391. The number of carbonyl (C=O) groups excluding carboxylic acids is 1. The summed E-state index contributed by atoms with van der Waals surface area (Å²) in [5.41, 5.74) is 8.03. The number of fused-ring (bicyclic) bond motifs is 1. The molecule has 1 saturated heterocycles. The average molecular weight is 469 g/mol. The summed E-state index contributed by atoms with van der Waals surface area (Å²) >= 11 is 0. The van der Waals surface area contributed by atoms with Gasteiger partial charge in [-0.1, -0.05) is 18.2 Å². The van der Waals surface area contributed by atoms with Crippen LogP contribution in [0.25, 0.3) is 22.6 Å². The van der Waals surface area contributed by atoms with Crippen LogP contribution in [-0.2, 0) is 9.53 Å². The van der Waals surface area contributed by atoms with E-state index in [0.717, 1.165) is 5.57 Å². The molecule has 4 heterocycles. The number of benzene rings is 1. The van der Waals surface area contributed by atoms with E-state index in [0.29, 0.717) is 68.4 Å². The number of carbonyl (C=O) groups is 1. The van der Waals surface area contributed by atoms with Gasteiger partial charge in [0.25, 0.3) is 6.43 Å². The predicted octanol–water partition coefficient (Wildman–Crippen LogP) is 2.16. The second kappa shape index (κ2) is 9.43. The van der Waals surface area contributed by atoms with Crippen LogP contribution in [0.1, 0.15) is 24.4 Å². The van der Waals surface area contributed by atoms with Crippen molar-refractivity contribution in [2.45, 2.75) is 12.8 Å². The van der Waals surface area contributed by atoms with E-state index < -0.39 is 12.2 Å². The lowest BCUT2D eigenvalue weighted by Crippen LogP contribution is -2.39. The summed E-state index contributed by atoms with van der Waals surface area (Å²) in [6.45, 7) is 3.30. The molecule has 9 nitrogen and oxygen atoms in total. The van der Waals surface area contributed by atoms with E-state index in [2.05, 4.69) is 14.9 Å². The summed E-state index contributed by atoms with van der Waals surface area (Å²) < 4.78 is 34.8. The molecular weight excluding hydrogens is 444 g/mol. The van der Waals surface area contributed by atoms with Crippen molar-refractivity contribution in [3.8, 4) is 5.95 Å². The summed E-state index contributed by atoms with van der Waals surface area (Å²) in [7, 11) is 0. The van der Waals surface area contributed by atoms with Crippen LogP contribution >= 0.6 is 0 Å². The summed E-state index contributed by atoms with van der Waals surface area (Å²) in [4.78, 5) is 29.2. The molecule has 5 rings (SSSR count). The molecule has 3 aromatic rings. The smallest absolute Gasteiger partial charge is 0.296 e. The Morgan fingerprint density at radius 2 is 1.91 bits per heavy atom. The van der Waals surface area contributed by atoms with E-state index >= 15 is 0 Å². The number of rotatable bonds is 5. The number of halogens is 2. The Balaban J connectivity index is 1.63. The van der Waals surface area contributed by atoms with Gasteiger partial charge in [0.2, 0.25) is 11.9 Å². The van der Waals surface area contributed by atoms with Crippen molar-refractivity contribution in [3.05, 3.63) is 47.9 Å². The first kappa shape index (κ1) is 22.4. The van der Waals surface area contributed by atoms with Gasteiger partial charge in [0.05, 0.1) is 36.5 Å². The molecule has 11 heteroatoms. The third kappa shape index (κ3) is 4.24. The largest absolute Gasteiger partial charge is 0.378 e. The molecule has 0 atom stereocenters. The third-order valence-electron chi connectivity index (χ3n) is 6.08. The van der Waals surface area contributed by atoms with E-state index in [4.69, 9.17) is 15.5 Å². The molecule has 1 fully saturated rings. The number of morpholine rings is 1. The van der Waals surface area contributed by atoms with Gasteiger partial charge in [0, 0.05) is 32.2 Å². The topological polar surface area (TPSA) is 102 Å². The number of aromatic nitrogens is 4. The average Bonchev–Trinajstić information content (AvgIpc) is 3.29. The van der Waals surface area contributed by atoms with E-state index in [-0.39, 0.29) is 18.4 Å². The molecule has 2 N–H and O–H groups in total. The van der Waals surface area contributed by atoms with Crippen LogP contribution in [0.2, 0.25) is 0 Å². The van der Waals surface area contributed by atoms with Crippen LogP contribution in [0.4, 0.5) is 14.6 Å². The van der Waals surface area contributed by atoms with Crippen LogP contribution < -0.4 is 10.6 Å². The summed E-state index contributed by atoms with van der Waals surface area (Å²) in [6, 6.07) is 8.83. The Morgan fingerprint density at radius 3 is 2.62 bits per heavy atom. The first-order chi connectivity index (χ1) is 16.5. The van der Waals surface area contributed by atoms with Gasteiger partial charge >= 0.3 is 0 Å². The normalized spacial score (nSPS) is 16.9. The monoisotopic (exact) mass is 469 g/mol. The van der Waals surface area contributed by atoms with Crippen molar-refractivity contribution in [2.24, 2.45) is 5.73 Å². The van der Waals surface area contributed by atoms with Gasteiger partial charge < -0.3 is 20.3 Å². The SMILES string of the molecule is NCC(=O)N1CC=C(c2cc(N3CCOCC3)nc(-n3c(C(F)F)nc4ccccc43)n2)CC1. The Kier molecular flexibility index (Phi) is 6.20. The molecule has 178 valence electrons. The molecule has 1 aromatic carbocycles. The van der Waals surface area contributed by atoms with Crippen LogP contribution in [-0.4, -0.2) is 76.3 Å². The van der Waals surface area contributed by atoms with Crippen molar-refractivity contribution in [3.63, 3.8) is 0 Å². The Morgan fingerprint density at radius 1 is 1.12 bits per heavy atom. The first-order valence-corrected chi connectivity index (χ1v) is 11.2. The molecule has 0 radical (unpaired) electrons. The molecule has 0 spiro atoms. The highest BCUT2D eigenvalue weighted by Gasteiger charge is 2.25. The highest BCUT2D eigenvalue weighted by molar-refractivity contribution is 5.80. The second-order valence-electron chi connectivity index (χ2n) is 8.13. The van der Waals surface area contributed by atoms with Gasteiger partial charge in [0.1, 0.15) is 5.82 Å². The minimum Gasteiger partial charge on any atom is -0.378 e. The standard InChI is InChI=1S/C23H25F2N7O2/c24-21(25)22-27-16-3-1-2-4-18(16)32(22)23-28-17(13-19(29-23)30-9-11-34-12-10-30)15-5-7-31(8-6-15)20(33)14-26/h1-5,13,21H,6-12,14,26H2. The zero-order chi connectivity index (χ0) is 23.7. The molecule has 0 unspecified atom stereocenters. The van der Waals surface area contributed by atoms with Crippen LogP contribution in [0.15, 0.2) is 36.4 Å². The molecule has 0 aliphatic carbocycles. The van der Waals surface area contributed by atoms with Gasteiger partial charge in [-0.2, -0.15) is 4.98 Å². The molecule has 1 amide bonds. The molecule has 2 aromatic heterocycles. The molecule has 0 saturated carbocycles. The summed E-state index contributed by atoms with van der Waals surface area (Å²) in [5.74, 6) is 0.273. The lowest BCUT2D eigenvalue weighted by molar-refractivity contribution is -0.129. The first-order valence-electron chi connectivity index (χ1n) is 11.2. The fourth-order valence-electron chi connectivity index (χ4n) is 4.30. The summed E-state index contributed by atoms with van der Waals surface area (Å²) in [5, 5.41) is 0. The lowest BCUT2D eigenvalue weighted by Gasteiger charge is -2.29. The number of ether oxygens (including phenoxy) is 1. The Bertz CT molecular complexity index is 1240. The van der Waals surface area contributed by atoms with Gasteiger partial charge in [-0.3, -0.25) is 9.36 Å². The summed E-state index contributed by atoms with van der Waals surface area (Å²) in [6.07, 6.45) is -0.278. The number of amides is 1. The highest BCUT2D eigenvalue weighted by Crippen LogP contribution is 2.30. The Hall–Kier alpha value is -3.44. The molecule has 34 heavy (non-hydrogen) atoms. The predicted molar refractivity (Wildman–Crippen MR) is 123 cm³/mol. The van der Waals surface area contributed by atoms with E-state index in [9.17, 15) is 13.6 Å². The van der Waals surface area contributed by atoms with Gasteiger partial charge in [0.15, 0.2) is 5.82 Å². The van der Waals surface area contributed by atoms with Crippen LogP contribution in [0.5, 0.6) is 0 Å². The third-order valence-corrected chi connectivity index (χ3v) is 6.08. The Labute approximate surface area is 194 Å². The van der Waals surface area contributed by atoms with Gasteiger partial charge in [-0.05, 0) is 24.1 Å². The molecular formula is C23H25F2N7O2. The van der Waals surface area contributed by atoms with Crippen molar-refractivity contribution >= 4 is 28.3 Å². The number of para-hydroxylation sites is 2. The maximum Gasteiger partial charge on any atom is 0.296 e.